The molecule has 9 aromatic rings. The standard InChI is InChI=1S/C58H54N3O.Pt/c1-56(2,3)41-30-39(31-42(36-41)57(4,5)6)40-34-51(47-21-14-16-25-54(47)62)60-52(35-40)48-32-38(26-27-49(48)58(7,8)9)50-33-37(28-29-59-50)44-22-17-23-46-45-20-13-15-24-53(45)61(55(44)46)43-18-11-10-12-19-43;/h10-31,33-36,62H,1-9H3;/q-1;. The summed E-state index contributed by atoms with van der Waals surface area (Å²) in [6, 6.07) is 57.2. The van der Waals surface area contributed by atoms with Crippen LogP contribution in [0.15, 0.2) is 158 Å². The summed E-state index contributed by atoms with van der Waals surface area (Å²) in [5.74, 6) is 0.193. The fraction of sp³-hybridized carbons (Fsp3) is 0.207. The third kappa shape index (κ3) is 8.42. The second-order valence-corrected chi connectivity index (χ2v) is 19.7. The molecule has 0 aliphatic carbocycles. The summed E-state index contributed by atoms with van der Waals surface area (Å²) in [7, 11) is 0. The van der Waals surface area contributed by atoms with E-state index >= 15 is 0 Å². The van der Waals surface area contributed by atoms with E-state index in [0.29, 0.717) is 11.3 Å². The third-order valence-corrected chi connectivity index (χ3v) is 12.1. The molecule has 0 fully saturated rings. The van der Waals surface area contributed by atoms with Crippen LogP contribution in [0.3, 0.4) is 0 Å². The van der Waals surface area contributed by atoms with Gasteiger partial charge in [-0.3, -0.25) is 9.97 Å². The van der Waals surface area contributed by atoms with Gasteiger partial charge in [0.05, 0.1) is 16.7 Å². The third-order valence-electron chi connectivity index (χ3n) is 12.1. The summed E-state index contributed by atoms with van der Waals surface area (Å²) in [4.78, 5) is 10.3. The number of hydrogen-bond acceptors (Lipinski definition) is 3. The average molecular weight is 1000 g/mol. The molecule has 0 spiro atoms. The second-order valence-electron chi connectivity index (χ2n) is 19.7. The molecule has 0 bridgehead atoms. The van der Waals surface area contributed by atoms with E-state index < -0.39 is 0 Å². The van der Waals surface area contributed by atoms with Gasteiger partial charge in [-0.2, -0.15) is 0 Å². The van der Waals surface area contributed by atoms with Gasteiger partial charge >= 0.3 is 0 Å². The van der Waals surface area contributed by atoms with E-state index in [1.807, 2.05) is 24.4 Å². The zero-order valence-electron chi connectivity index (χ0n) is 37.6. The minimum absolute atomic E-state index is 0. The fourth-order valence-corrected chi connectivity index (χ4v) is 8.63. The molecular weight excluding hydrogens is 950 g/mol. The second kappa shape index (κ2) is 16.6. The normalized spacial score (nSPS) is 12.1. The van der Waals surface area contributed by atoms with E-state index in [4.69, 9.17) is 9.97 Å². The van der Waals surface area contributed by atoms with Crippen molar-refractivity contribution in [2.24, 2.45) is 0 Å². The number of para-hydroxylation sites is 4. The summed E-state index contributed by atoms with van der Waals surface area (Å²) < 4.78 is 2.38. The quantitative estimate of drug-likeness (QED) is 0.169. The summed E-state index contributed by atoms with van der Waals surface area (Å²) in [6.45, 7) is 20.3. The van der Waals surface area contributed by atoms with Gasteiger partial charge in [0.2, 0.25) is 0 Å². The molecule has 6 aromatic carbocycles. The van der Waals surface area contributed by atoms with Crippen LogP contribution in [-0.4, -0.2) is 19.6 Å². The monoisotopic (exact) mass is 1000 g/mol. The van der Waals surface area contributed by atoms with E-state index in [0.717, 1.165) is 61.5 Å². The molecule has 9 rings (SSSR count). The van der Waals surface area contributed by atoms with Crippen LogP contribution < -0.4 is 0 Å². The molecule has 0 aliphatic heterocycles. The van der Waals surface area contributed by atoms with Crippen LogP contribution in [0.4, 0.5) is 0 Å². The van der Waals surface area contributed by atoms with Gasteiger partial charge in [-0.05, 0) is 86.5 Å². The van der Waals surface area contributed by atoms with Crippen LogP contribution in [0.25, 0.3) is 83.5 Å². The maximum atomic E-state index is 11.2. The van der Waals surface area contributed by atoms with Crippen molar-refractivity contribution in [3.63, 3.8) is 0 Å². The van der Waals surface area contributed by atoms with Crippen molar-refractivity contribution in [2.75, 3.05) is 0 Å². The summed E-state index contributed by atoms with van der Waals surface area (Å²) in [5.41, 5.74) is 15.9. The van der Waals surface area contributed by atoms with Crippen LogP contribution >= 0.6 is 0 Å². The number of phenols is 1. The molecule has 0 amide bonds. The summed E-state index contributed by atoms with van der Waals surface area (Å²) >= 11 is 0. The average Bonchev–Trinajstić information content (AvgIpc) is 3.60. The van der Waals surface area contributed by atoms with Crippen molar-refractivity contribution >= 4 is 21.8 Å². The van der Waals surface area contributed by atoms with Gasteiger partial charge in [-0.1, -0.05) is 171 Å². The molecule has 3 heterocycles. The maximum Gasteiger partial charge on any atom is 0.124 e. The van der Waals surface area contributed by atoms with E-state index in [1.165, 1.54) is 27.4 Å². The van der Waals surface area contributed by atoms with E-state index in [-0.39, 0.29) is 43.1 Å². The van der Waals surface area contributed by atoms with Crippen molar-refractivity contribution < 1.29 is 26.2 Å². The first-order valence-corrected chi connectivity index (χ1v) is 21.6. The van der Waals surface area contributed by atoms with Gasteiger partial charge in [0.1, 0.15) is 5.75 Å². The zero-order valence-corrected chi connectivity index (χ0v) is 39.9. The molecule has 1 N–H and O–H groups in total. The van der Waals surface area contributed by atoms with Crippen molar-refractivity contribution in [2.45, 2.75) is 78.6 Å². The van der Waals surface area contributed by atoms with E-state index in [9.17, 15) is 5.11 Å². The van der Waals surface area contributed by atoms with Crippen molar-refractivity contribution in [3.05, 3.63) is 181 Å². The molecule has 3 aromatic heterocycles. The Hall–Kier alpha value is -6.09. The first-order chi connectivity index (χ1) is 29.5. The van der Waals surface area contributed by atoms with E-state index in [1.54, 1.807) is 6.07 Å². The summed E-state index contributed by atoms with van der Waals surface area (Å²) in [5, 5.41) is 13.6. The first-order valence-electron chi connectivity index (χ1n) is 21.6. The topological polar surface area (TPSA) is 50.9 Å². The molecule has 318 valence electrons. The van der Waals surface area contributed by atoms with Gasteiger partial charge in [0.15, 0.2) is 0 Å². The number of aromatic nitrogens is 3. The molecule has 0 atom stereocenters. The minimum atomic E-state index is -0.224. The number of pyridine rings is 2. The Morgan fingerprint density at radius 2 is 1.11 bits per heavy atom. The predicted octanol–water partition coefficient (Wildman–Crippen LogP) is 15.3. The smallest absolute Gasteiger partial charge is 0.124 e. The Kier molecular flexibility index (Phi) is 11.4. The molecule has 0 unspecified atom stereocenters. The van der Waals surface area contributed by atoms with Gasteiger partial charge in [-0.15, -0.1) is 23.8 Å². The van der Waals surface area contributed by atoms with Crippen LogP contribution in [0.5, 0.6) is 5.75 Å². The van der Waals surface area contributed by atoms with Crippen molar-refractivity contribution in [1.82, 2.24) is 14.5 Å². The number of fused-ring (bicyclic) bond motifs is 3. The van der Waals surface area contributed by atoms with E-state index in [2.05, 4.69) is 200 Å². The largest absolute Gasteiger partial charge is 0.507 e. The van der Waals surface area contributed by atoms with Gasteiger partial charge in [-0.25, -0.2) is 0 Å². The van der Waals surface area contributed by atoms with Crippen molar-refractivity contribution in [1.29, 1.82) is 0 Å². The van der Waals surface area contributed by atoms with Crippen LogP contribution in [0.2, 0.25) is 0 Å². The minimum Gasteiger partial charge on any atom is -0.507 e. The predicted molar refractivity (Wildman–Crippen MR) is 260 cm³/mol. The van der Waals surface area contributed by atoms with Gasteiger partial charge in [0.25, 0.3) is 0 Å². The molecule has 63 heavy (non-hydrogen) atoms. The van der Waals surface area contributed by atoms with Gasteiger partial charge < -0.3 is 9.67 Å². The van der Waals surface area contributed by atoms with Crippen LogP contribution in [0.1, 0.15) is 79.0 Å². The molecule has 0 aliphatic rings. The Labute approximate surface area is 387 Å². The fourth-order valence-electron chi connectivity index (χ4n) is 8.63. The molecular formula is C58H54N3OPt-. The molecule has 5 heteroatoms. The van der Waals surface area contributed by atoms with Crippen LogP contribution in [-0.2, 0) is 37.3 Å². The molecule has 0 saturated carbocycles. The van der Waals surface area contributed by atoms with Gasteiger partial charge in [0, 0.05) is 66.2 Å². The Balaban J connectivity index is 0.00000544. The number of hydrogen-bond donors (Lipinski definition) is 1. The first kappa shape index (κ1) is 43.6. The number of phenolic OH excluding ortho intramolecular Hbond substituents is 1. The number of nitrogens with zero attached hydrogens (tertiary/aromatic N) is 3. The maximum absolute atomic E-state index is 11.2. The number of aromatic hydroxyl groups is 1. The number of rotatable bonds is 6. The summed E-state index contributed by atoms with van der Waals surface area (Å²) in [6.07, 6.45) is 1.91. The van der Waals surface area contributed by atoms with Crippen LogP contribution in [0, 0.1) is 6.07 Å². The SMILES string of the molecule is CC(C)(C)c1cc(-c2cc(-c3[c-]c(-c4cc(-c5cccc6c7ccccc7n(-c7ccccc7)c56)ccn4)ccc3C(C)(C)C)nc(-c3ccccc3O)c2)cc(C(C)(C)C)c1.[Pt]. The Morgan fingerprint density at radius 3 is 1.81 bits per heavy atom. The molecule has 0 saturated heterocycles. The van der Waals surface area contributed by atoms with Crippen molar-refractivity contribution in [3.8, 4) is 67.5 Å². The Morgan fingerprint density at radius 1 is 0.508 bits per heavy atom. The molecule has 0 radical (unpaired) electrons. The number of benzene rings is 6. The Bertz CT molecular complexity index is 3110. The zero-order chi connectivity index (χ0) is 43.6. The molecule has 4 nitrogen and oxygen atoms in total.